The van der Waals surface area contributed by atoms with Crippen molar-refractivity contribution in [3.8, 4) is 17.2 Å². The first kappa shape index (κ1) is 16.4. The van der Waals surface area contributed by atoms with Gasteiger partial charge in [-0.05, 0) is 29.8 Å². The monoisotopic (exact) mass is 349 g/mol. The minimum absolute atomic E-state index is 0.255. The van der Waals surface area contributed by atoms with E-state index in [1.807, 2.05) is 48.5 Å². The highest BCUT2D eigenvalue weighted by Crippen LogP contribution is 2.36. The fourth-order valence-corrected chi connectivity index (χ4v) is 2.87. The third-order valence-electron chi connectivity index (χ3n) is 4.23. The molecule has 0 amide bonds. The smallest absolute Gasteiger partial charge is 0.163 e. The number of pyridine rings is 1. The summed E-state index contributed by atoms with van der Waals surface area (Å²) in [6.07, 6.45) is 2.03. The molecular formula is C21H19NO4. The van der Waals surface area contributed by atoms with Crippen LogP contribution < -0.4 is 14.2 Å². The van der Waals surface area contributed by atoms with Gasteiger partial charge in [0.1, 0.15) is 36.6 Å². The lowest BCUT2D eigenvalue weighted by molar-refractivity contribution is -0.0105. The molecule has 0 saturated heterocycles. The molecule has 0 unspecified atom stereocenters. The van der Waals surface area contributed by atoms with E-state index in [-0.39, 0.29) is 6.61 Å². The lowest BCUT2D eigenvalue weighted by Gasteiger charge is -2.30. The molecule has 3 aromatic rings. The van der Waals surface area contributed by atoms with Crippen LogP contribution in [0.25, 0.3) is 0 Å². The fourth-order valence-electron chi connectivity index (χ4n) is 2.87. The summed E-state index contributed by atoms with van der Waals surface area (Å²) in [6.45, 7) is 0.736. The van der Waals surface area contributed by atoms with Crippen molar-refractivity contribution in [3.63, 3.8) is 0 Å². The minimum Gasteiger partial charge on any atom is -0.489 e. The average molecular weight is 349 g/mol. The fraction of sp³-hybridized carbons (Fsp3) is 0.190. The van der Waals surface area contributed by atoms with Crippen molar-refractivity contribution in [1.82, 2.24) is 4.98 Å². The molecule has 26 heavy (non-hydrogen) atoms. The van der Waals surface area contributed by atoms with Crippen LogP contribution in [-0.2, 0) is 6.61 Å². The first-order chi connectivity index (χ1) is 12.8. The molecule has 1 aromatic heterocycles. The summed E-state index contributed by atoms with van der Waals surface area (Å²) >= 11 is 0. The van der Waals surface area contributed by atoms with Crippen molar-refractivity contribution >= 4 is 0 Å². The van der Waals surface area contributed by atoms with E-state index >= 15 is 0 Å². The van der Waals surface area contributed by atoms with Gasteiger partial charge >= 0.3 is 0 Å². The Balaban J connectivity index is 1.44. The topological polar surface area (TPSA) is 60.8 Å². The molecule has 2 heterocycles. The molecular weight excluding hydrogens is 330 g/mol. The van der Waals surface area contributed by atoms with E-state index in [2.05, 4.69) is 4.98 Å². The first-order valence-corrected chi connectivity index (χ1v) is 8.48. The van der Waals surface area contributed by atoms with Gasteiger partial charge in [-0.1, -0.05) is 30.3 Å². The van der Waals surface area contributed by atoms with Crippen LogP contribution >= 0.6 is 0 Å². The summed E-state index contributed by atoms with van der Waals surface area (Å²) in [6, 6.07) is 19.0. The summed E-state index contributed by atoms with van der Waals surface area (Å²) in [7, 11) is 0. The molecule has 0 aliphatic carbocycles. The summed E-state index contributed by atoms with van der Waals surface area (Å²) in [5, 5.41) is 10.6. The zero-order valence-electron chi connectivity index (χ0n) is 14.1. The highest BCUT2D eigenvalue weighted by molar-refractivity contribution is 5.44. The number of hydrogen-bond donors (Lipinski definition) is 1. The zero-order valence-corrected chi connectivity index (χ0v) is 14.1. The first-order valence-electron chi connectivity index (χ1n) is 8.48. The van der Waals surface area contributed by atoms with Gasteiger partial charge in [-0.15, -0.1) is 0 Å². The Morgan fingerprint density at radius 2 is 1.92 bits per heavy atom. The second-order valence-electron chi connectivity index (χ2n) is 6.07. The molecule has 5 nitrogen and oxygen atoms in total. The van der Waals surface area contributed by atoms with Gasteiger partial charge in [0.2, 0.25) is 0 Å². The SMILES string of the molecule is O[C@@H]1c2ccc(OCc3ccccc3)cc2OC[C@@H]1Oc1cccnc1. The number of aliphatic hydroxyl groups is 1. The van der Waals surface area contributed by atoms with Crippen molar-refractivity contribution in [3.05, 3.63) is 84.2 Å². The second-order valence-corrected chi connectivity index (χ2v) is 6.07. The highest BCUT2D eigenvalue weighted by atomic mass is 16.5. The normalized spacial score (nSPS) is 18.5. The maximum absolute atomic E-state index is 10.6. The van der Waals surface area contributed by atoms with E-state index < -0.39 is 12.2 Å². The minimum atomic E-state index is -0.776. The van der Waals surface area contributed by atoms with Crippen LogP contribution in [-0.4, -0.2) is 22.8 Å². The van der Waals surface area contributed by atoms with Gasteiger partial charge < -0.3 is 19.3 Å². The molecule has 0 radical (unpaired) electrons. The van der Waals surface area contributed by atoms with Gasteiger partial charge in [-0.2, -0.15) is 0 Å². The number of hydrogen-bond acceptors (Lipinski definition) is 5. The van der Waals surface area contributed by atoms with Gasteiger partial charge in [0.05, 0.1) is 6.20 Å². The van der Waals surface area contributed by atoms with Crippen molar-refractivity contribution in [2.24, 2.45) is 0 Å². The van der Waals surface area contributed by atoms with E-state index in [0.717, 1.165) is 5.56 Å². The summed E-state index contributed by atoms with van der Waals surface area (Å²) < 4.78 is 17.4. The van der Waals surface area contributed by atoms with Crippen LogP contribution in [0.5, 0.6) is 17.2 Å². The van der Waals surface area contributed by atoms with E-state index in [1.165, 1.54) is 0 Å². The second kappa shape index (κ2) is 7.45. The Morgan fingerprint density at radius 3 is 2.73 bits per heavy atom. The number of ether oxygens (including phenoxy) is 3. The number of benzene rings is 2. The maximum Gasteiger partial charge on any atom is 0.163 e. The zero-order chi connectivity index (χ0) is 17.8. The van der Waals surface area contributed by atoms with Gasteiger partial charge in [-0.25, -0.2) is 0 Å². The number of fused-ring (bicyclic) bond motifs is 1. The van der Waals surface area contributed by atoms with E-state index in [4.69, 9.17) is 14.2 Å². The molecule has 0 bridgehead atoms. The molecule has 0 saturated carbocycles. The van der Waals surface area contributed by atoms with Gasteiger partial charge in [0, 0.05) is 17.8 Å². The van der Waals surface area contributed by atoms with Crippen LogP contribution in [0.1, 0.15) is 17.2 Å². The van der Waals surface area contributed by atoms with Crippen LogP contribution in [0.4, 0.5) is 0 Å². The Bertz CT molecular complexity index is 854. The van der Waals surface area contributed by atoms with Crippen molar-refractivity contribution < 1.29 is 19.3 Å². The van der Waals surface area contributed by atoms with Gasteiger partial charge in [-0.3, -0.25) is 4.98 Å². The molecule has 2 atom stereocenters. The molecule has 1 N–H and O–H groups in total. The predicted octanol–water partition coefficient (Wildman–Crippen LogP) is 3.53. The van der Waals surface area contributed by atoms with Gasteiger partial charge in [0.15, 0.2) is 6.10 Å². The lowest BCUT2D eigenvalue weighted by Crippen LogP contribution is -2.35. The summed E-state index contributed by atoms with van der Waals surface area (Å²) in [5.41, 5.74) is 1.79. The Labute approximate surface area is 151 Å². The summed E-state index contributed by atoms with van der Waals surface area (Å²) in [4.78, 5) is 4.01. The molecule has 5 heteroatoms. The van der Waals surface area contributed by atoms with Crippen LogP contribution in [0.3, 0.4) is 0 Å². The van der Waals surface area contributed by atoms with Crippen molar-refractivity contribution in [2.75, 3.05) is 6.61 Å². The molecule has 1 aliphatic rings. The lowest BCUT2D eigenvalue weighted by atomic mass is 10.0. The Morgan fingerprint density at radius 1 is 1.04 bits per heavy atom. The van der Waals surface area contributed by atoms with Gasteiger partial charge in [0.25, 0.3) is 0 Å². The van der Waals surface area contributed by atoms with Crippen LogP contribution in [0.15, 0.2) is 73.1 Å². The largest absolute Gasteiger partial charge is 0.489 e. The number of rotatable bonds is 5. The predicted molar refractivity (Wildman–Crippen MR) is 96.3 cm³/mol. The number of nitrogens with zero attached hydrogens (tertiary/aromatic N) is 1. The maximum atomic E-state index is 10.6. The molecule has 132 valence electrons. The number of aliphatic hydroxyl groups excluding tert-OH is 1. The van der Waals surface area contributed by atoms with Crippen LogP contribution in [0.2, 0.25) is 0 Å². The van der Waals surface area contributed by atoms with E-state index in [9.17, 15) is 5.11 Å². The van der Waals surface area contributed by atoms with Crippen molar-refractivity contribution in [1.29, 1.82) is 0 Å². The Hall–Kier alpha value is -3.05. The third-order valence-corrected chi connectivity index (χ3v) is 4.23. The van der Waals surface area contributed by atoms with Crippen molar-refractivity contribution in [2.45, 2.75) is 18.8 Å². The van der Waals surface area contributed by atoms with Crippen LogP contribution in [0, 0.1) is 0 Å². The number of aromatic nitrogens is 1. The molecule has 4 rings (SSSR count). The molecule has 2 aromatic carbocycles. The highest BCUT2D eigenvalue weighted by Gasteiger charge is 2.31. The van der Waals surface area contributed by atoms with E-state index in [0.29, 0.717) is 29.4 Å². The molecule has 0 fully saturated rings. The molecule has 0 spiro atoms. The Kier molecular flexibility index (Phi) is 4.71. The quantitative estimate of drug-likeness (QED) is 0.763. The average Bonchev–Trinajstić information content (AvgIpc) is 2.70. The third kappa shape index (κ3) is 3.63. The van der Waals surface area contributed by atoms with E-state index in [1.54, 1.807) is 24.5 Å². The summed E-state index contributed by atoms with van der Waals surface area (Å²) in [5.74, 6) is 1.92. The molecule has 1 aliphatic heterocycles. The standard InChI is InChI=1S/C21H19NO4/c23-21-18-9-8-16(24-13-15-5-2-1-3-6-15)11-19(18)25-14-20(21)26-17-7-4-10-22-12-17/h1-12,20-21,23H,13-14H2/t20-,21+/m0/s1.